The Hall–Kier alpha value is 0.01000. The summed E-state index contributed by atoms with van der Waals surface area (Å²) >= 11 is 5.80. The molecular formula is C18H28BrNS. The van der Waals surface area contributed by atoms with Crippen LogP contribution in [-0.4, -0.2) is 10.8 Å². The Bertz CT molecular complexity index is 467. The van der Waals surface area contributed by atoms with Crippen molar-refractivity contribution in [3.8, 4) is 0 Å². The van der Waals surface area contributed by atoms with Gasteiger partial charge in [-0.15, -0.1) is 11.8 Å². The Kier molecular flexibility index (Phi) is 6.22. The molecule has 2 atom stereocenters. The minimum absolute atomic E-state index is 0.158. The van der Waals surface area contributed by atoms with Crippen molar-refractivity contribution in [3.05, 3.63) is 28.2 Å². The van der Waals surface area contributed by atoms with Crippen LogP contribution in [0, 0.1) is 5.92 Å². The lowest BCUT2D eigenvalue weighted by molar-refractivity contribution is 0.394. The van der Waals surface area contributed by atoms with Gasteiger partial charge in [-0.2, -0.15) is 0 Å². The Labute approximate surface area is 142 Å². The highest BCUT2D eigenvalue weighted by Gasteiger charge is 2.20. The average Bonchev–Trinajstić information content (AvgIpc) is 2.36. The quantitative estimate of drug-likeness (QED) is 0.697. The van der Waals surface area contributed by atoms with E-state index >= 15 is 0 Å². The summed E-state index contributed by atoms with van der Waals surface area (Å²) in [7, 11) is 0. The molecule has 0 amide bonds. The van der Waals surface area contributed by atoms with Crippen molar-refractivity contribution in [3.63, 3.8) is 0 Å². The van der Waals surface area contributed by atoms with Crippen LogP contribution in [0.3, 0.4) is 0 Å². The second-order valence-corrected chi connectivity index (χ2v) is 9.60. The van der Waals surface area contributed by atoms with Gasteiger partial charge < -0.3 is 5.32 Å². The lowest BCUT2D eigenvalue weighted by atomic mass is 9.91. The molecule has 118 valence electrons. The minimum Gasteiger partial charge on any atom is -0.308 e. The molecule has 1 fully saturated rings. The third kappa shape index (κ3) is 5.96. The number of thioether (sulfide) groups is 1. The molecule has 21 heavy (non-hydrogen) atoms. The monoisotopic (exact) mass is 369 g/mol. The molecule has 0 saturated heterocycles. The van der Waals surface area contributed by atoms with Crippen molar-refractivity contribution in [1.82, 2.24) is 5.32 Å². The zero-order valence-corrected chi connectivity index (χ0v) is 16.1. The van der Waals surface area contributed by atoms with Gasteiger partial charge in [0.15, 0.2) is 0 Å². The number of hydrogen-bond acceptors (Lipinski definition) is 2. The van der Waals surface area contributed by atoms with Gasteiger partial charge in [0.25, 0.3) is 0 Å². The summed E-state index contributed by atoms with van der Waals surface area (Å²) in [6.45, 7) is 9.92. The fourth-order valence-corrected chi connectivity index (χ4v) is 4.88. The maximum atomic E-state index is 3.74. The molecule has 2 rings (SSSR count). The van der Waals surface area contributed by atoms with E-state index in [2.05, 4.69) is 78.9 Å². The minimum atomic E-state index is 0.158. The zero-order valence-electron chi connectivity index (χ0n) is 13.7. The van der Waals surface area contributed by atoms with E-state index in [1.807, 2.05) is 0 Å². The second-order valence-electron chi connectivity index (χ2n) is 7.37. The first-order valence-electron chi connectivity index (χ1n) is 8.03. The third-order valence-electron chi connectivity index (χ3n) is 4.02. The molecule has 1 nitrogen and oxygen atoms in total. The largest absolute Gasteiger partial charge is 0.308 e. The van der Waals surface area contributed by atoms with Crippen molar-refractivity contribution < 1.29 is 0 Å². The molecule has 3 heteroatoms. The highest BCUT2D eigenvalue weighted by molar-refractivity contribution is 9.10. The first kappa shape index (κ1) is 17.4. The van der Waals surface area contributed by atoms with Crippen LogP contribution in [0.5, 0.6) is 0 Å². The predicted octanol–water partition coefficient (Wildman–Crippen LogP) is 6.01. The SMILES string of the molecule is CC1CCCC(Sc2ccc(CNC(C)(C)C)c(Br)c2)C1. The first-order valence-corrected chi connectivity index (χ1v) is 9.71. The van der Waals surface area contributed by atoms with E-state index in [0.717, 1.165) is 17.7 Å². The van der Waals surface area contributed by atoms with Crippen LogP contribution in [0.2, 0.25) is 0 Å². The smallest absolute Gasteiger partial charge is 0.0231 e. The van der Waals surface area contributed by atoms with Crippen molar-refractivity contribution in [2.75, 3.05) is 0 Å². The lowest BCUT2D eigenvalue weighted by Gasteiger charge is -2.26. The number of benzene rings is 1. The average molecular weight is 370 g/mol. The van der Waals surface area contributed by atoms with Crippen LogP contribution in [0.4, 0.5) is 0 Å². The topological polar surface area (TPSA) is 12.0 Å². The number of hydrogen-bond donors (Lipinski definition) is 1. The Morgan fingerprint density at radius 3 is 2.67 bits per heavy atom. The molecule has 0 spiro atoms. The molecule has 0 heterocycles. The molecule has 0 radical (unpaired) electrons. The van der Waals surface area contributed by atoms with E-state index in [1.165, 1.54) is 40.6 Å². The van der Waals surface area contributed by atoms with Gasteiger partial charge in [-0.25, -0.2) is 0 Å². The van der Waals surface area contributed by atoms with E-state index in [9.17, 15) is 0 Å². The molecule has 1 N–H and O–H groups in total. The lowest BCUT2D eigenvalue weighted by Crippen LogP contribution is -2.35. The van der Waals surface area contributed by atoms with Crippen LogP contribution < -0.4 is 5.32 Å². The van der Waals surface area contributed by atoms with Crippen molar-refractivity contribution in [2.24, 2.45) is 5.92 Å². The van der Waals surface area contributed by atoms with Crippen molar-refractivity contribution >= 4 is 27.7 Å². The molecule has 1 aliphatic rings. The highest BCUT2D eigenvalue weighted by Crippen LogP contribution is 2.37. The molecule has 0 aliphatic heterocycles. The van der Waals surface area contributed by atoms with Crippen molar-refractivity contribution in [1.29, 1.82) is 0 Å². The van der Waals surface area contributed by atoms with Crippen LogP contribution in [0.25, 0.3) is 0 Å². The van der Waals surface area contributed by atoms with Gasteiger partial charge in [0.2, 0.25) is 0 Å². The Morgan fingerprint density at radius 1 is 1.29 bits per heavy atom. The van der Waals surface area contributed by atoms with Gasteiger partial charge >= 0.3 is 0 Å². The summed E-state index contributed by atoms with van der Waals surface area (Å²) < 4.78 is 1.23. The zero-order chi connectivity index (χ0) is 15.5. The summed E-state index contributed by atoms with van der Waals surface area (Å²) in [4.78, 5) is 1.40. The molecule has 2 unspecified atom stereocenters. The molecular weight excluding hydrogens is 342 g/mol. The standard InChI is InChI=1S/C18H28BrNS/c1-13-6-5-7-15(10-13)21-16-9-8-14(17(19)11-16)12-20-18(2,3)4/h8-9,11,13,15,20H,5-7,10,12H2,1-4H3. The van der Waals surface area contributed by atoms with Gasteiger partial charge in [0.1, 0.15) is 0 Å². The van der Waals surface area contributed by atoms with Crippen LogP contribution in [0.1, 0.15) is 58.9 Å². The van der Waals surface area contributed by atoms with Gasteiger partial charge in [-0.3, -0.25) is 0 Å². The van der Waals surface area contributed by atoms with E-state index in [1.54, 1.807) is 0 Å². The number of nitrogens with one attached hydrogen (secondary N) is 1. The normalized spacial score (nSPS) is 23.3. The molecule has 0 aromatic heterocycles. The summed E-state index contributed by atoms with van der Waals surface area (Å²) in [6.07, 6.45) is 5.56. The fourth-order valence-electron chi connectivity index (χ4n) is 2.78. The van der Waals surface area contributed by atoms with E-state index in [-0.39, 0.29) is 5.54 Å². The highest BCUT2D eigenvalue weighted by atomic mass is 79.9. The third-order valence-corrected chi connectivity index (χ3v) is 6.05. The molecule has 1 aromatic rings. The summed E-state index contributed by atoms with van der Waals surface area (Å²) in [5.41, 5.74) is 1.50. The summed E-state index contributed by atoms with van der Waals surface area (Å²) in [6, 6.07) is 6.84. The van der Waals surface area contributed by atoms with E-state index < -0.39 is 0 Å². The Morgan fingerprint density at radius 2 is 2.05 bits per heavy atom. The summed E-state index contributed by atoms with van der Waals surface area (Å²) in [5.74, 6) is 0.898. The second kappa shape index (κ2) is 7.52. The Balaban J connectivity index is 1.95. The number of halogens is 1. The molecule has 1 saturated carbocycles. The van der Waals surface area contributed by atoms with E-state index in [4.69, 9.17) is 0 Å². The molecule has 0 bridgehead atoms. The molecule has 1 aromatic carbocycles. The van der Waals surface area contributed by atoms with Crippen molar-refractivity contribution in [2.45, 2.75) is 75.6 Å². The molecule has 1 aliphatic carbocycles. The fraction of sp³-hybridized carbons (Fsp3) is 0.667. The van der Waals surface area contributed by atoms with Gasteiger partial charge in [0.05, 0.1) is 0 Å². The van der Waals surface area contributed by atoms with Crippen LogP contribution in [0.15, 0.2) is 27.6 Å². The first-order chi connectivity index (χ1) is 9.83. The maximum Gasteiger partial charge on any atom is 0.0231 e. The van der Waals surface area contributed by atoms with Crippen LogP contribution >= 0.6 is 27.7 Å². The number of rotatable bonds is 4. The summed E-state index contributed by atoms with van der Waals surface area (Å²) in [5, 5.41) is 4.35. The maximum absolute atomic E-state index is 3.74. The predicted molar refractivity (Wildman–Crippen MR) is 98.0 cm³/mol. The van der Waals surface area contributed by atoms with Crippen LogP contribution in [-0.2, 0) is 6.54 Å². The van der Waals surface area contributed by atoms with E-state index in [0.29, 0.717) is 0 Å². The van der Waals surface area contributed by atoms with Gasteiger partial charge in [0, 0.05) is 26.7 Å². The van der Waals surface area contributed by atoms with Gasteiger partial charge in [-0.1, -0.05) is 41.8 Å². The van der Waals surface area contributed by atoms with Gasteiger partial charge in [-0.05, 0) is 57.2 Å².